The number of rotatable bonds is 7. The van der Waals surface area contributed by atoms with Crippen LogP contribution in [0.4, 0.5) is 0 Å². The molecule has 0 fully saturated rings. The molecule has 0 aliphatic carbocycles. The first-order chi connectivity index (χ1) is 13.6. The van der Waals surface area contributed by atoms with Crippen LogP contribution in [0.25, 0.3) is 0 Å². The fraction of sp³-hybridized carbons (Fsp3) is 0.174. The minimum atomic E-state index is -0.182. The van der Waals surface area contributed by atoms with Crippen LogP contribution in [0, 0.1) is 0 Å². The van der Waals surface area contributed by atoms with Crippen LogP contribution >= 0.6 is 15.9 Å². The quantitative estimate of drug-likeness (QED) is 0.551. The van der Waals surface area contributed by atoms with E-state index in [1.807, 2.05) is 66.7 Å². The number of halogens is 1. The zero-order valence-corrected chi connectivity index (χ0v) is 17.4. The predicted octanol–water partition coefficient (Wildman–Crippen LogP) is 5.18. The van der Waals surface area contributed by atoms with E-state index in [4.69, 9.17) is 9.47 Å². The molecule has 0 saturated heterocycles. The van der Waals surface area contributed by atoms with Crippen molar-refractivity contribution in [3.05, 3.63) is 94.0 Å². The summed E-state index contributed by atoms with van der Waals surface area (Å²) < 4.78 is 11.3. The zero-order chi connectivity index (χ0) is 19.9. The maximum absolute atomic E-state index is 12.9. The lowest BCUT2D eigenvalue weighted by atomic mass is 9.98. The third kappa shape index (κ3) is 4.93. The van der Waals surface area contributed by atoms with Crippen molar-refractivity contribution >= 4 is 21.8 Å². The Morgan fingerprint density at radius 1 is 0.893 bits per heavy atom. The first-order valence-electron chi connectivity index (χ1n) is 8.93. The average molecular weight is 440 g/mol. The number of carbonyl (C=O) groups is 1. The summed E-state index contributed by atoms with van der Waals surface area (Å²) in [5.41, 5.74) is 2.72. The first kappa shape index (κ1) is 20.0. The highest BCUT2D eigenvalue weighted by Crippen LogP contribution is 2.24. The molecule has 0 spiro atoms. The summed E-state index contributed by atoms with van der Waals surface area (Å²) in [5.74, 6) is 1.47. The van der Waals surface area contributed by atoms with Crippen molar-refractivity contribution < 1.29 is 14.3 Å². The van der Waals surface area contributed by atoms with Crippen molar-refractivity contribution in [1.82, 2.24) is 5.32 Å². The Hall–Kier alpha value is -2.79. The third-order valence-electron chi connectivity index (χ3n) is 4.54. The van der Waals surface area contributed by atoms with Crippen molar-refractivity contribution in [2.75, 3.05) is 14.2 Å². The van der Waals surface area contributed by atoms with Gasteiger partial charge in [-0.3, -0.25) is 4.79 Å². The third-order valence-corrected chi connectivity index (χ3v) is 5.23. The molecular weight excluding hydrogens is 418 g/mol. The SMILES string of the molecule is COc1ccc(C[C@H](NC(=O)c2ccccc2Br)c2ccc(OC)cc2)cc1. The molecule has 0 heterocycles. The van der Waals surface area contributed by atoms with Gasteiger partial charge in [-0.15, -0.1) is 0 Å². The Bertz CT molecular complexity index is 923. The molecule has 4 nitrogen and oxygen atoms in total. The van der Waals surface area contributed by atoms with Crippen molar-refractivity contribution in [3.63, 3.8) is 0 Å². The van der Waals surface area contributed by atoms with Crippen LogP contribution in [0.15, 0.2) is 77.3 Å². The summed E-state index contributed by atoms with van der Waals surface area (Å²) >= 11 is 3.45. The highest BCUT2D eigenvalue weighted by Gasteiger charge is 2.18. The molecule has 1 N–H and O–H groups in total. The van der Waals surface area contributed by atoms with Crippen molar-refractivity contribution in [2.24, 2.45) is 0 Å². The summed E-state index contributed by atoms with van der Waals surface area (Å²) in [6, 6.07) is 22.9. The van der Waals surface area contributed by atoms with Crippen LogP contribution in [0.1, 0.15) is 27.5 Å². The lowest BCUT2D eigenvalue weighted by Crippen LogP contribution is -2.30. The van der Waals surface area contributed by atoms with Crippen LogP contribution in [-0.2, 0) is 6.42 Å². The smallest absolute Gasteiger partial charge is 0.252 e. The fourth-order valence-corrected chi connectivity index (χ4v) is 3.43. The average Bonchev–Trinajstić information content (AvgIpc) is 2.74. The number of carbonyl (C=O) groups excluding carboxylic acids is 1. The number of amides is 1. The second kappa shape index (κ2) is 9.42. The summed E-state index contributed by atoms with van der Waals surface area (Å²) in [6.45, 7) is 0. The molecule has 0 saturated carbocycles. The number of methoxy groups -OCH3 is 2. The van der Waals surface area contributed by atoms with Crippen LogP contribution in [0.3, 0.4) is 0 Å². The van der Waals surface area contributed by atoms with Crippen molar-refractivity contribution in [1.29, 1.82) is 0 Å². The molecule has 1 amide bonds. The van der Waals surface area contributed by atoms with E-state index in [0.717, 1.165) is 27.1 Å². The largest absolute Gasteiger partial charge is 0.497 e. The minimum absolute atomic E-state index is 0.123. The lowest BCUT2D eigenvalue weighted by Gasteiger charge is -2.20. The molecule has 3 aromatic carbocycles. The first-order valence-corrected chi connectivity index (χ1v) is 9.72. The van der Waals surface area contributed by atoms with Crippen molar-refractivity contribution in [2.45, 2.75) is 12.5 Å². The molecule has 1 atom stereocenters. The normalized spacial score (nSPS) is 11.5. The van der Waals surface area contributed by atoms with E-state index < -0.39 is 0 Å². The molecule has 0 aliphatic rings. The van der Waals surface area contributed by atoms with E-state index >= 15 is 0 Å². The van der Waals surface area contributed by atoms with Crippen molar-refractivity contribution in [3.8, 4) is 11.5 Å². The van der Waals surface area contributed by atoms with Gasteiger partial charge in [0.2, 0.25) is 0 Å². The van der Waals surface area contributed by atoms with Gasteiger partial charge in [0.25, 0.3) is 5.91 Å². The number of hydrogen-bond acceptors (Lipinski definition) is 3. The van der Waals surface area contributed by atoms with Gasteiger partial charge in [0.05, 0.1) is 25.8 Å². The van der Waals surface area contributed by atoms with Crippen LogP contribution < -0.4 is 14.8 Å². The molecular formula is C23H22BrNO3. The number of nitrogens with one attached hydrogen (secondary N) is 1. The van der Waals surface area contributed by atoms with Crippen LogP contribution in [0.2, 0.25) is 0 Å². The Kier molecular flexibility index (Phi) is 6.71. The van der Waals surface area contributed by atoms with Gasteiger partial charge in [0.15, 0.2) is 0 Å². The summed E-state index contributed by atoms with van der Waals surface area (Å²) in [4.78, 5) is 12.9. The summed E-state index contributed by atoms with van der Waals surface area (Å²) in [5, 5.41) is 3.16. The molecule has 3 rings (SSSR count). The lowest BCUT2D eigenvalue weighted by molar-refractivity contribution is 0.0935. The Labute approximate surface area is 173 Å². The zero-order valence-electron chi connectivity index (χ0n) is 15.8. The molecule has 144 valence electrons. The van der Waals surface area contributed by atoms with Gasteiger partial charge in [0, 0.05) is 4.47 Å². The maximum atomic E-state index is 12.9. The number of benzene rings is 3. The summed E-state index contributed by atoms with van der Waals surface area (Å²) in [7, 11) is 3.28. The van der Waals surface area contributed by atoms with Gasteiger partial charge >= 0.3 is 0 Å². The molecule has 0 radical (unpaired) electrons. The Balaban J connectivity index is 1.86. The van der Waals surface area contributed by atoms with Gasteiger partial charge in [0.1, 0.15) is 11.5 Å². The van der Waals surface area contributed by atoms with Crippen LogP contribution in [-0.4, -0.2) is 20.1 Å². The second-order valence-corrected chi connectivity index (χ2v) is 7.19. The Morgan fingerprint density at radius 2 is 1.46 bits per heavy atom. The Morgan fingerprint density at radius 3 is 2.04 bits per heavy atom. The van der Waals surface area contributed by atoms with E-state index in [0.29, 0.717) is 12.0 Å². The number of ether oxygens (including phenoxy) is 2. The molecule has 0 aliphatic heterocycles. The highest BCUT2D eigenvalue weighted by molar-refractivity contribution is 9.10. The van der Waals surface area contributed by atoms with Gasteiger partial charge in [-0.25, -0.2) is 0 Å². The highest BCUT2D eigenvalue weighted by atomic mass is 79.9. The standard InChI is InChI=1S/C23H22BrNO3/c1-27-18-11-7-16(8-12-18)15-22(17-9-13-19(28-2)14-10-17)25-23(26)20-5-3-4-6-21(20)24/h3-14,22H,15H2,1-2H3,(H,25,26)/t22-/m0/s1. The van der Waals surface area contributed by atoms with Crippen LogP contribution in [0.5, 0.6) is 11.5 Å². The topological polar surface area (TPSA) is 47.6 Å². The summed E-state index contributed by atoms with van der Waals surface area (Å²) in [6.07, 6.45) is 0.659. The van der Waals surface area contributed by atoms with E-state index in [1.165, 1.54) is 0 Å². The van der Waals surface area contributed by atoms with E-state index in [2.05, 4.69) is 21.2 Å². The maximum Gasteiger partial charge on any atom is 0.252 e. The fourth-order valence-electron chi connectivity index (χ4n) is 2.97. The molecule has 3 aromatic rings. The monoisotopic (exact) mass is 439 g/mol. The van der Waals surface area contributed by atoms with E-state index in [-0.39, 0.29) is 11.9 Å². The molecule has 28 heavy (non-hydrogen) atoms. The molecule has 0 bridgehead atoms. The molecule has 5 heteroatoms. The van der Waals surface area contributed by atoms with Gasteiger partial charge < -0.3 is 14.8 Å². The number of hydrogen-bond donors (Lipinski definition) is 1. The van der Waals surface area contributed by atoms with Gasteiger partial charge in [-0.05, 0) is 69.9 Å². The predicted molar refractivity (Wildman–Crippen MR) is 114 cm³/mol. The molecule has 0 unspecified atom stereocenters. The van der Waals surface area contributed by atoms with E-state index in [9.17, 15) is 4.79 Å². The van der Waals surface area contributed by atoms with Gasteiger partial charge in [-0.1, -0.05) is 36.4 Å². The van der Waals surface area contributed by atoms with Gasteiger partial charge in [-0.2, -0.15) is 0 Å². The van der Waals surface area contributed by atoms with E-state index in [1.54, 1.807) is 20.3 Å². The second-order valence-electron chi connectivity index (χ2n) is 6.33. The molecule has 0 aromatic heterocycles. The minimum Gasteiger partial charge on any atom is -0.497 e.